The van der Waals surface area contributed by atoms with Crippen LogP contribution < -0.4 is 16.0 Å². The molecular weight excluding hydrogens is 613 g/mol. The molecule has 3 unspecified atom stereocenters. The molecule has 3 aromatic rings. The molecule has 12 heteroatoms. The van der Waals surface area contributed by atoms with Gasteiger partial charge in [0.2, 0.25) is 5.95 Å². The summed E-state index contributed by atoms with van der Waals surface area (Å²) in [4.78, 5) is 32.0. The molecule has 2 fully saturated rings. The van der Waals surface area contributed by atoms with E-state index in [9.17, 15) is 4.79 Å². The fourth-order valence-electron chi connectivity index (χ4n) is 6.21. The van der Waals surface area contributed by atoms with Crippen molar-refractivity contribution in [2.45, 2.75) is 70.0 Å². The zero-order valence-corrected chi connectivity index (χ0v) is 29.5. The van der Waals surface area contributed by atoms with Gasteiger partial charge in [0.25, 0.3) is 0 Å². The Labute approximate surface area is 281 Å². The van der Waals surface area contributed by atoms with Gasteiger partial charge in [-0.3, -0.25) is 14.6 Å². The summed E-state index contributed by atoms with van der Waals surface area (Å²) in [7, 11) is -1.24. The third kappa shape index (κ3) is 8.99. The number of carboxylic acid groups (broad SMARTS) is 1. The normalized spacial score (nSPS) is 21.6. The van der Waals surface area contributed by atoms with Crippen molar-refractivity contribution < 1.29 is 14.1 Å². The molecule has 3 atom stereocenters. The second-order valence-electron chi connectivity index (χ2n) is 14.2. The summed E-state index contributed by atoms with van der Waals surface area (Å²) in [5, 5.41) is 12.6. The van der Waals surface area contributed by atoms with E-state index in [1.165, 1.54) is 5.56 Å². The SMILES string of the molecule is CC1CN(CC(=O)O)CCN1Cc1cccc(Nc2cc(-c3cnc(N4CC(OS(C)(C)C(C)(C)C)CC4CCN)nc3)ccn2)c1. The number of aromatic nitrogens is 3. The first kappa shape index (κ1) is 35.0. The molecule has 0 radical (unpaired) electrons. The number of piperazine rings is 1. The van der Waals surface area contributed by atoms with Crippen molar-refractivity contribution in [3.8, 4) is 11.1 Å². The van der Waals surface area contributed by atoms with E-state index in [0.29, 0.717) is 12.5 Å². The van der Waals surface area contributed by atoms with Crippen LogP contribution in [0.3, 0.4) is 0 Å². The second kappa shape index (κ2) is 14.9. The molecule has 4 N–H and O–H groups in total. The second-order valence-corrected chi connectivity index (χ2v) is 18.0. The summed E-state index contributed by atoms with van der Waals surface area (Å²) in [6.07, 6.45) is 12.0. The number of rotatable bonds is 12. The van der Waals surface area contributed by atoms with Crippen molar-refractivity contribution >= 4 is 33.7 Å². The Balaban J connectivity index is 1.22. The summed E-state index contributed by atoms with van der Waals surface area (Å²) >= 11 is 0. The average Bonchev–Trinajstić information content (AvgIpc) is 3.39. The number of carbonyl (C=O) groups is 1. The molecule has 5 rings (SSSR count). The first-order valence-electron chi connectivity index (χ1n) is 16.5. The van der Waals surface area contributed by atoms with E-state index in [4.69, 9.17) is 25.0 Å². The standard InChI is InChI=1S/C35H52N8O3S/c1-25-21-41(24-33(44)45)14-15-42(25)22-26-8-7-9-29(16-26)40-32-17-27(11-13-37-32)28-19-38-34(39-20-28)43-23-31(18-30(43)10-12-36)46-47(5,6)35(2,3)4/h7-9,11,13,16-17,19-20,25,30-31H,10,12,14-15,18,21-24,36H2,1-6H3,(H,37,40)(H,44,45). The Hall–Kier alpha value is -3.29. The maximum Gasteiger partial charge on any atom is 0.317 e. The summed E-state index contributed by atoms with van der Waals surface area (Å²) in [6.45, 7) is 13.5. The fourth-order valence-corrected chi connectivity index (χ4v) is 7.31. The topological polar surface area (TPSA) is 133 Å². The molecule has 256 valence electrons. The summed E-state index contributed by atoms with van der Waals surface area (Å²) in [6, 6.07) is 12.9. The zero-order valence-electron chi connectivity index (χ0n) is 28.7. The number of nitrogens with one attached hydrogen (secondary N) is 1. The van der Waals surface area contributed by atoms with Crippen LogP contribution in [-0.4, -0.2) is 111 Å². The quantitative estimate of drug-likeness (QED) is 0.243. The molecule has 0 spiro atoms. The van der Waals surface area contributed by atoms with E-state index in [2.05, 4.69) is 78.5 Å². The van der Waals surface area contributed by atoms with Gasteiger partial charge in [-0.2, -0.15) is 0 Å². The van der Waals surface area contributed by atoms with Crippen LogP contribution >= 0.6 is 10.3 Å². The van der Waals surface area contributed by atoms with Crippen LogP contribution in [0.4, 0.5) is 17.5 Å². The smallest absolute Gasteiger partial charge is 0.317 e. The third-order valence-corrected chi connectivity index (χ3v) is 13.2. The van der Waals surface area contributed by atoms with Gasteiger partial charge < -0.3 is 25.2 Å². The molecular formula is C35H52N8O3S. The highest BCUT2D eigenvalue weighted by Crippen LogP contribution is 2.55. The lowest BCUT2D eigenvalue weighted by Crippen LogP contribution is -2.52. The van der Waals surface area contributed by atoms with Crippen molar-refractivity contribution in [2.24, 2.45) is 5.73 Å². The minimum absolute atomic E-state index is 0.0978. The van der Waals surface area contributed by atoms with E-state index in [-0.39, 0.29) is 29.5 Å². The van der Waals surface area contributed by atoms with Gasteiger partial charge in [-0.05, 0) is 74.2 Å². The summed E-state index contributed by atoms with van der Waals surface area (Å²) < 4.78 is 6.82. The number of benzene rings is 1. The first-order chi connectivity index (χ1) is 22.3. The largest absolute Gasteiger partial charge is 0.480 e. The van der Waals surface area contributed by atoms with Gasteiger partial charge in [0.1, 0.15) is 5.82 Å². The highest BCUT2D eigenvalue weighted by molar-refractivity contribution is 8.29. The van der Waals surface area contributed by atoms with Crippen LogP contribution in [-0.2, 0) is 15.5 Å². The molecule has 2 aliphatic heterocycles. The monoisotopic (exact) mass is 664 g/mol. The van der Waals surface area contributed by atoms with Crippen LogP contribution in [0, 0.1) is 0 Å². The van der Waals surface area contributed by atoms with E-state index >= 15 is 0 Å². The number of aliphatic carboxylic acids is 1. The number of hydrogen-bond acceptors (Lipinski definition) is 10. The van der Waals surface area contributed by atoms with Crippen LogP contribution in [0.25, 0.3) is 11.1 Å². The van der Waals surface area contributed by atoms with Crippen LogP contribution in [0.5, 0.6) is 0 Å². The minimum Gasteiger partial charge on any atom is -0.480 e. The molecule has 0 bridgehead atoms. The summed E-state index contributed by atoms with van der Waals surface area (Å²) in [5.74, 6) is 0.681. The molecule has 0 aliphatic carbocycles. The molecule has 4 heterocycles. The lowest BCUT2D eigenvalue weighted by Gasteiger charge is -2.45. The zero-order chi connectivity index (χ0) is 33.8. The Morgan fingerprint density at radius 2 is 1.85 bits per heavy atom. The molecule has 47 heavy (non-hydrogen) atoms. The predicted molar refractivity (Wildman–Crippen MR) is 192 cm³/mol. The number of pyridine rings is 1. The van der Waals surface area contributed by atoms with Gasteiger partial charge in [-0.15, -0.1) is 10.3 Å². The maximum atomic E-state index is 11.1. The van der Waals surface area contributed by atoms with Gasteiger partial charge in [0.15, 0.2) is 0 Å². The molecule has 2 aromatic heterocycles. The Bertz CT molecular complexity index is 1500. The fraction of sp³-hybridized carbons (Fsp3) is 0.543. The molecule has 2 saturated heterocycles. The Morgan fingerprint density at radius 3 is 2.53 bits per heavy atom. The molecule has 0 saturated carbocycles. The van der Waals surface area contributed by atoms with E-state index in [1.807, 2.05) is 35.5 Å². The predicted octanol–water partition coefficient (Wildman–Crippen LogP) is 4.96. The van der Waals surface area contributed by atoms with Crippen LogP contribution in [0.15, 0.2) is 55.0 Å². The van der Waals surface area contributed by atoms with Gasteiger partial charge in [-0.25, -0.2) is 15.0 Å². The van der Waals surface area contributed by atoms with Crippen molar-refractivity contribution in [1.29, 1.82) is 0 Å². The lowest BCUT2D eigenvalue weighted by atomic mass is 10.1. The summed E-state index contributed by atoms with van der Waals surface area (Å²) in [5.41, 5.74) is 10.1. The van der Waals surface area contributed by atoms with Crippen molar-refractivity contribution in [3.63, 3.8) is 0 Å². The van der Waals surface area contributed by atoms with E-state index in [1.54, 1.807) is 6.20 Å². The van der Waals surface area contributed by atoms with Crippen molar-refractivity contribution in [2.75, 3.05) is 62.0 Å². The van der Waals surface area contributed by atoms with Gasteiger partial charge in [-0.1, -0.05) is 32.9 Å². The van der Waals surface area contributed by atoms with E-state index < -0.39 is 16.3 Å². The Kier molecular flexibility index (Phi) is 11.1. The molecule has 2 aliphatic rings. The number of anilines is 3. The number of nitrogens with zero attached hydrogens (tertiary/aromatic N) is 6. The Morgan fingerprint density at radius 1 is 1.09 bits per heavy atom. The maximum absolute atomic E-state index is 11.1. The number of hydrogen-bond donors (Lipinski definition) is 3. The van der Waals surface area contributed by atoms with Crippen LogP contribution in [0.2, 0.25) is 0 Å². The lowest BCUT2D eigenvalue weighted by molar-refractivity contribution is -0.139. The third-order valence-electron chi connectivity index (χ3n) is 9.51. The van der Waals surface area contributed by atoms with Gasteiger partial charge in [0, 0.05) is 79.4 Å². The van der Waals surface area contributed by atoms with Gasteiger partial charge in [0.05, 0.1) is 12.6 Å². The molecule has 11 nitrogen and oxygen atoms in total. The van der Waals surface area contributed by atoms with Crippen LogP contribution in [0.1, 0.15) is 46.1 Å². The molecule has 1 aromatic carbocycles. The molecule has 0 amide bonds. The van der Waals surface area contributed by atoms with Gasteiger partial charge >= 0.3 is 5.97 Å². The van der Waals surface area contributed by atoms with E-state index in [0.717, 1.165) is 68.2 Å². The number of carboxylic acids is 1. The average molecular weight is 665 g/mol. The minimum atomic E-state index is -1.24. The van der Waals surface area contributed by atoms with Crippen molar-refractivity contribution in [3.05, 3.63) is 60.6 Å². The first-order valence-corrected chi connectivity index (χ1v) is 18.9. The highest BCUT2D eigenvalue weighted by atomic mass is 32.3. The van der Waals surface area contributed by atoms with Crippen molar-refractivity contribution in [1.82, 2.24) is 24.8 Å². The number of nitrogens with two attached hydrogens (primary N) is 1. The highest BCUT2D eigenvalue weighted by Gasteiger charge is 2.39.